The number of benzene rings is 2. The van der Waals surface area contributed by atoms with E-state index in [1.54, 1.807) is 23.4 Å². The van der Waals surface area contributed by atoms with Crippen LogP contribution in [-0.4, -0.2) is 20.8 Å². The Kier molecular flexibility index (Phi) is 5.12. The molecule has 0 spiro atoms. The third-order valence-electron chi connectivity index (χ3n) is 5.15. The number of pyridine rings is 1. The van der Waals surface area contributed by atoms with E-state index in [0.29, 0.717) is 24.3 Å². The standard InChI is InChI=1S/C24H22FN3O/c1-16-6-3-4-8-19(16)15-28(14-18-7-5-9-26-13-18)24(29)23-12-21-17(2)10-20(25)11-22(21)27-23/h3-13,27H,14-15H2,1-2H3. The van der Waals surface area contributed by atoms with Crippen LogP contribution in [0.5, 0.6) is 0 Å². The highest BCUT2D eigenvalue weighted by atomic mass is 19.1. The van der Waals surface area contributed by atoms with Crippen LogP contribution >= 0.6 is 0 Å². The number of H-pyrrole nitrogens is 1. The van der Waals surface area contributed by atoms with Crippen LogP contribution in [0.3, 0.4) is 0 Å². The van der Waals surface area contributed by atoms with Gasteiger partial charge >= 0.3 is 0 Å². The lowest BCUT2D eigenvalue weighted by atomic mass is 10.1. The number of hydrogen-bond donors (Lipinski definition) is 1. The van der Waals surface area contributed by atoms with Gasteiger partial charge in [-0.1, -0.05) is 30.3 Å². The average molecular weight is 387 g/mol. The highest BCUT2D eigenvalue weighted by Crippen LogP contribution is 2.23. The van der Waals surface area contributed by atoms with E-state index in [2.05, 4.69) is 9.97 Å². The molecule has 29 heavy (non-hydrogen) atoms. The molecule has 0 aliphatic rings. The Morgan fingerprint density at radius 3 is 2.62 bits per heavy atom. The molecule has 0 saturated carbocycles. The summed E-state index contributed by atoms with van der Waals surface area (Å²) in [5, 5.41) is 0.854. The molecule has 0 aliphatic heterocycles. The van der Waals surface area contributed by atoms with Gasteiger partial charge in [-0.25, -0.2) is 4.39 Å². The Balaban J connectivity index is 1.70. The molecular weight excluding hydrogens is 365 g/mol. The van der Waals surface area contributed by atoms with Crippen LogP contribution in [0, 0.1) is 19.7 Å². The lowest BCUT2D eigenvalue weighted by Crippen LogP contribution is -2.30. The molecule has 5 heteroatoms. The summed E-state index contributed by atoms with van der Waals surface area (Å²) in [5.74, 6) is -0.448. The van der Waals surface area contributed by atoms with Crippen molar-refractivity contribution in [2.24, 2.45) is 0 Å². The number of aromatic amines is 1. The van der Waals surface area contributed by atoms with Crippen molar-refractivity contribution in [3.8, 4) is 0 Å². The Morgan fingerprint density at radius 1 is 1.03 bits per heavy atom. The molecule has 146 valence electrons. The van der Waals surface area contributed by atoms with Gasteiger partial charge in [0.05, 0.1) is 0 Å². The Bertz CT molecular complexity index is 1170. The number of hydrogen-bond acceptors (Lipinski definition) is 2. The molecular formula is C24H22FN3O. The summed E-state index contributed by atoms with van der Waals surface area (Å²) in [6.07, 6.45) is 3.48. The number of rotatable bonds is 5. The van der Waals surface area contributed by atoms with Crippen molar-refractivity contribution in [2.45, 2.75) is 26.9 Å². The fraction of sp³-hybridized carbons (Fsp3) is 0.167. The van der Waals surface area contributed by atoms with Gasteiger partial charge in [0.2, 0.25) is 0 Å². The van der Waals surface area contributed by atoms with Crippen molar-refractivity contribution < 1.29 is 9.18 Å². The number of carbonyl (C=O) groups is 1. The average Bonchev–Trinajstić information content (AvgIpc) is 3.14. The summed E-state index contributed by atoms with van der Waals surface area (Å²) in [6, 6.07) is 16.6. The summed E-state index contributed by atoms with van der Waals surface area (Å²) in [6.45, 7) is 4.79. The number of fused-ring (bicyclic) bond motifs is 1. The molecule has 1 amide bonds. The van der Waals surface area contributed by atoms with Crippen LogP contribution in [-0.2, 0) is 13.1 Å². The Morgan fingerprint density at radius 2 is 1.86 bits per heavy atom. The minimum absolute atomic E-state index is 0.131. The third kappa shape index (κ3) is 4.04. The zero-order valence-electron chi connectivity index (χ0n) is 16.4. The van der Waals surface area contributed by atoms with Crippen molar-refractivity contribution in [1.29, 1.82) is 0 Å². The van der Waals surface area contributed by atoms with E-state index >= 15 is 0 Å². The number of carbonyl (C=O) groups excluding carboxylic acids is 1. The summed E-state index contributed by atoms with van der Waals surface area (Å²) in [4.78, 5) is 22.5. The number of aromatic nitrogens is 2. The normalized spacial score (nSPS) is 11.0. The van der Waals surface area contributed by atoms with Gasteiger partial charge in [-0.15, -0.1) is 0 Å². The molecule has 2 aromatic heterocycles. The maximum absolute atomic E-state index is 13.8. The van der Waals surface area contributed by atoms with E-state index < -0.39 is 0 Å². The van der Waals surface area contributed by atoms with Crippen LogP contribution in [0.4, 0.5) is 4.39 Å². The number of nitrogens with zero attached hydrogens (tertiary/aromatic N) is 2. The summed E-state index contributed by atoms with van der Waals surface area (Å²) < 4.78 is 13.8. The molecule has 0 atom stereocenters. The molecule has 0 aliphatic carbocycles. The lowest BCUT2D eigenvalue weighted by Gasteiger charge is -2.23. The SMILES string of the molecule is Cc1ccccc1CN(Cc1cccnc1)C(=O)c1cc2c(C)cc(F)cc2[nH]1. The molecule has 2 aromatic carbocycles. The first-order valence-corrected chi connectivity index (χ1v) is 9.53. The van der Waals surface area contributed by atoms with Crippen molar-refractivity contribution in [1.82, 2.24) is 14.9 Å². The van der Waals surface area contributed by atoms with Crippen molar-refractivity contribution in [2.75, 3.05) is 0 Å². The maximum Gasteiger partial charge on any atom is 0.270 e. The molecule has 0 unspecified atom stereocenters. The molecule has 0 bridgehead atoms. The van der Waals surface area contributed by atoms with E-state index in [0.717, 1.165) is 27.6 Å². The fourth-order valence-electron chi connectivity index (χ4n) is 3.57. The van der Waals surface area contributed by atoms with Gasteiger partial charge in [-0.2, -0.15) is 0 Å². The van der Waals surface area contributed by atoms with E-state index in [1.165, 1.54) is 12.1 Å². The van der Waals surface area contributed by atoms with Crippen molar-refractivity contribution in [3.63, 3.8) is 0 Å². The molecule has 0 saturated heterocycles. The van der Waals surface area contributed by atoms with Gasteiger partial charge in [0.15, 0.2) is 0 Å². The molecule has 4 rings (SSSR count). The molecule has 4 aromatic rings. The smallest absolute Gasteiger partial charge is 0.270 e. The summed E-state index contributed by atoms with van der Waals surface area (Å²) >= 11 is 0. The minimum atomic E-state index is -0.317. The first kappa shape index (κ1) is 18.9. The molecule has 4 nitrogen and oxygen atoms in total. The first-order chi connectivity index (χ1) is 14.0. The zero-order chi connectivity index (χ0) is 20.4. The van der Waals surface area contributed by atoms with Gasteiger partial charge in [0, 0.05) is 36.4 Å². The second-order valence-corrected chi connectivity index (χ2v) is 7.32. The number of amides is 1. The van der Waals surface area contributed by atoms with E-state index in [4.69, 9.17) is 0 Å². The maximum atomic E-state index is 13.8. The molecule has 0 radical (unpaired) electrons. The van der Waals surface area contributed by atoms with Gasteiger partial charge in [-0.3, -0.25) is 9.78 Å². The highest BCUT2D eigenvalue weighted by molar-refractivity contribution is 5.98. The highest BCUT2D eigenvalue weighted by Gasteiger charge is 2.20. The predicted molar refractivity (Wildman–Crippen MR) is 112 cm³/mol. The van der Waals surface area contributed by atoms with Crippen molar-refractivity contribution in [3.05, 3.63) is 101 Å². The van der Waals surface area contributed by atoms with Crippen LogP contribution in [0.2, 0.25) is 0 Å². The minimum Gasteiger partial charge on any atom is -0.350 e. The number of nitrogens with one attached hydrogen (secondary N) is 1. The van der Waals surface area contributed by atoms with Gasteiger partial charge < -0.3 is 9.88 Å². The monoisotopic (exact) mass is 387 g/mol. The predicted octanol–water partition coefficient (Wildman–Crippen LogP) is 5.16. The van der Waals surface area contributed by atoms with Crippen LogP contribution in [0.1, 0.15) is 32.7 Å². The topological polar surface area (TPSA) is 49.0 Å². The van der Waals surface area contributed by atoms with E-state index in [1.807, 2.05) is 50.2 Å². The first-order valence-electron chi connectivity index (χ1n) is 9.53. The Hall–Kier alpha value is -3.47. The van der Waals surface area contributed by atoms with Crippen LogP contribution in [0.25, 0.3) is 10.9 Å². The second-order valence-electron chi connectivity index (χ2n) is 7.32. The second kappa shape index (κ2) is 7.87. The third-order valence-corrected chi connectivity index (χ3v) is 5.15. The molecule has 2 heterocycles. The van der Waals surface area contributed by atoms with Crippen LogP contribution in [0.15, 0.2) is 67.0 Å². The van der Waals surface area contributed by atoms with Gasteiger partial charge in [-0.05, 0) is 60.4 Å². The largest absolute Gasteiger partial charge is 0.350 e. The van der Waals surface area contributed by atoms with Gasteiger partial charge in [0.1, 0.15) is 11.5 Å². The Labute approximate surface area is 169 Å². The summed E-state index contributed by atoms with van der Waals surface area (Å²) in [7, 11) is 0. The van der Waals surface area contributed by atoms with Gasteiger partial charge in [0.25, 0.3) is 5.91 Å². The van der Waals surface area contributed by atoms with E-state index in [9.17, 15) is 9.18 Å². The fourth-order valence-corrected chi connectivity index (χ4v) is 3.57. The van der Waals surface area contributed by atoms with Crippen LogP contribution < -0.4 is 0 Å². The number of aryl methyl sites for hydroxylation is 2. The van der Waals surface area contributed by atoms with Crippen molar-refractivity contribution >= 4 is 16.8 Å². The quantitative estimate of drug-likeness (QED) is 0.514. The number of halogens is 1. The zero-order valence-corrected chi connectivity index (χ0v) is 16.4. The summed E-state index contributed by atoms with van der Waals surface area (Å²) in [5.41, 5.74) is 5.05. The lowest BCUT2D eigenvalue weighted by molar-refractivity contribution is 0.0724. The molecule has 0 fully saturated rings. The van der Waals surface area contributed by atoms with E-state index in [-0.39, 0.29) is 11.7 Å². The molecule has 1 N–H and O–H groups in total.